The highest BCUT2D eigenvalue weighted by molar-refractivity contribution is 6.01. The van der Waals surface area contributed by atoms with Crippen LogP contribution < -0.4 is 4.74 Å². The first kappa shape index (κ1) is 12.9. The molecule has 2 aromatic rings. The number of hydrogen-bond acceptors (Lipinski definition) is 3. The van der Waals surface area contributed by atoms with Gasteiger partial charge in [0.25, 0.3) is 0 Å². The third-order valence-corrected chi connectivity index (χ3v) is 3.92. The van der Waals surface area contributed by atoms with Crippen LogP contribution in [0.25, 0.3) is 0 Å². The lowest BCUT2D eigenvalue weighted by Gasteiger charge is -2.24. The van der Waals surface area contributed by atoms with Gasteiger partial charge in [-0.05, 0) is 36.5 Å². The summed E-state index contributed by atoms with van der Waals surface area (Å²) in [5.74, 6) is 0.720. The van der Waals surface area contributed by atoms with Gasteiger partial charge in [-0.15, -0.1) is 0 Å². The standard InChI is InChI=1S/C17H17NO2/c1-20-14-9-13(10-18-11-14)17(19)16-8-4-6-12-5-2-3-7-15(12)16/h2-3,5,7,9-11,16H,4,6,8H2,1H3. The molecule has 1 aliphatic rings. The largest absolute Gasteiger partial charge is 0.495 e. The second kappa shape index (κ2) is 5.45. The van der Waals surface area contributed by atoms with E-state index in [1.807, 2.05) is 12.1 Å². The molecule has 0 aliphatic heterocycles. The summed E-state index contributed by atoms with van der Waals surface area (Å²) in [6.07, 6.45) is 6.28. The number of ketones is 1. The molecule has 3 nitrogen and oxygen atoms in total. The molecule has 1 atom stereocenters. The minimum Gasteiger partial charge on any atom is -0.495 e. The molecule has 1 aromatic carbocycles. The molecule has 1 unspecified atom stereocenters. The van der Waals surface area contributed by atoms with Crippen LogP contribution in [0, 0.1) is 0 Å². The second-order valence-electron chi connectivity index (χ2n) is 5.12. The number of ether oxygens (including phenoxy) is 1. The van der Waals surface area contributed by atoms with Crippen LogP contribution in [0.5, 0.6) is 5.75 Å². The highest BCUT2D eigenvalue weighted by Crippen LogP contribution is 2.34. The van der Waals surface area contributed by atoms with Crippen molar-refractivity contribution in [1.82, 2.24) is 4.98 Å². The van der Waals surface area contributed by atoms with Crippen molar-refractivity contribution in [3.8, 4) is 5.75 Å². The third-order valence-electron chi connectivity index (χ3n) is 3.92. The fourth-order valence-electron chi connectivity index (χ4n) is 2.89. The summed E-state index contributed by atoms with van der Waals surface area (Å²) in [6.45, 7) is 0. The van der Waals surface area contributed by atoms with Gasteiger partial charge in [-0.2, -0.15) is 0 Å². The number of benzene rings is 1. The normalized spacial score (nSPS) is 17.4. The topological polar surface area (TPSA) is 39.2 Å². The maximum absolute atomic E-state index is 12.7. The number of aryl methyl sites for hydroxylation is 1. The van der Waals surface area contributed by atoms with E-state index in [0.29, 0.717) is 11.3 Å². The molecular weight excluding hydrogens is 250 g/mol. The van der Waals surface area contributed by atoms with E-state index in [4.69, 9.17) is 4.74 Å². The van der Waals surface area contributed by atoms with Gasteiger partial charge in [0.15, 0.2) is 5.78 Å². The minimum absolute atomic E-state index is 0.0474. The Bertz CT molecular complexity index is 636. The molecule has 3 rings (SSSR count). The van der Waals surface area contributed by atoms with Gasteiger partial charge in [-0.25, -0.2) is 0 Å². The number of nitrogens with zero attached hydrogens (tertiary/aromatic N) is 1. The van der Waals surface area contributed by atoms with Crippen molar-refractivity contribution in [1.29, 1.82) is 0 Å². The van der Waals surface area contributed by atoms with Gasteiger partial charge in [-0.1, -0.05) is 24.3 Å². The highest BCUT2D eigenvalue weighted by Gasteiger charge is 2.27. The SMILES string of the molecule is COc1cncc(C(=O)C2CCCc3ccccc32)c1. The molecule has 0 bridgehead atoms. The van der Waals surface area contributed by atoms with E-state index in [1.165, 1.54) is 11.1 Å². The van der Waals surface area contributed by atoms with E-state index in [1.54, 1.807) is 25.6 Å². The molecule has 0 radical (unpaired) electrons. The Balaban J connectivity index is 1.95. The predicted molar refractivity (Wildman–Crippen MR) is 77.2 cm³/mol. The van der Waals surface area contributed by atoms with Gasteiger partial charge >= 0.3 is 0 Å². The number of rotatable bonds is 3. The van der Waals surface area contributed by atoms with E-state index in [2.05, 4.69) is 17.1 Å². The molecular formula is C17H17NO2. The van der Waals surface area contributed by atoms with E-state index in [9.17, 15) is 4.79 Å². The Morgan fingerprint density at radius 1 is 1.30 bits per heavy atom. The molecule has 102 valence electrons. The number of methoxy groups -OCH3 is 1. The predicted octanol–water partition coefficient (Wildman–Crippen LogP) is 3.39. The smallest absolute Gasteiger partial charge is 0.172 e. The van der Waals surface area contributed by atoms with Gasteiger partial charge < -0.3 is 4.74 Å². The van der Waals surface area contributed by atoms with Crippen molar-refractivity contribution < 1.29 is 9.53 Å². The van der Waals surface area contributed by atoms with E-state index in [0.717, 1.165) is 19.3 Å². The molecule has 0 fully saturated rings. The van der Waals surface area contributed by atoms with Crippen molar-refractivity contribution in [3.63, 3.8) is 0 Å². The summed E-state index contributed by atoms with van der Waals surface area (Å²) < 4.78 is 5.15. The molecule has 3 heteroatoms. The summed E-state index contributed by atoms with van der Waals surface area (Å²) >= 11 is 0. The summed E-state index contributed by atoms with van der Waals surface area (Å²) in [5.41, 5.74) is 3.10. The Hall–Kier alpha value is -2.16. The van der Waals surface area contributed by atoms with Crippen LogP contribution in [0.1, 0.15) is 40.2 Å². The zero-order valence-corrected chi connectivity index (χ0v) is 11.5. The number of hydrogen-bond donors (Lipinski definition) is 0. The number of Topliss-reactive ketones (excluding diaryl/α,β-unsaturated/α-hetero) is 1. The van der Waals surface area contributed by atoms with Crippen LogP contribution in [-0.2, 0) is 6.42 Å². The Labute approximate surface area is 118 Å². The van der Waals surface area contributed by atoms with E-state index in [-0.39, 0.29) is 11.7 Å². The number of carbonyl (C=O) groups excluding carboxylic acids is 1. The maximum Gasteiger partial charge on any atom is 0.172 e. The fraction of sp³-hybridized carbons (Fsp3) is 0.294. The summed E-state index contributed by atoms with van der Waals surface area (Å²) in [4.78, 5) is 16.8. The second-order valence-corrected chi connectivity index (χ2v) is 5.12. The van der Waals surface area contributed by atoms with Crippen LogP contribution in [-0.4, -0.2) is 17.9 Å². The zero-order valence-electron chi connectivity index (χ0n) is 11.5. The first-order valence-corrected chi connectivity index (χ1v) is 6.90. The van der Waals surface area contributed by atoms with Crippen LogP contribution in [0.15, 0.2) is 42.7 Å². The lowest BCUT2D eigenvalue weighted by molar-refractivity contribution is 0.0950. The van der Waals surface area contributed by atoms with Crippen molar-refractivity contribution in [3.05, 3.63) is 59.4 Å². The molecule has 1 aliphatic carbocycles. The number of fused-ring (bicyclic) bond motifs is 1. The van der Waals surface area contributed by atoms with Crippen LogP contribution >= 0.6 is 0 Å². The maximum atomic E-state index is 12.7. The Kier molecular flexibility index (Phi) is 3.50. The molecule has 0 saturated carbocycles. The van der Waals surface area contributed by atoms with Crippen LogP contribution in [0.4, 0.5) is 0 Å². The molecule has 1 heterocycles. The number of aromatic nitrogens is 1. The first-order chi connectivity index (χ1) is 9.79. The quantitative estimate of drug-likeness (QED) is 0.800. The molecule has 0 amide bonds. The van der Waals surface area contributed by atoms with Crippen molar-refractivity contribution in [2.45, 2.75) is 25.2 Å². The van der Waals surface area contributed by atoms with Gasteiger partial charge in [0.2, 0.25) is 0 Å². The van der Waals surface area contributed by atoms with Gasteiger partial charge in [0.1, 0.15) is 5.75 Å². The van der Waals surface area contributed by atoms with E-state index >= 15 is 0 Å². The fourth-order valence-corrected chi connectivity index (χ4v) is 2.89. The first-order valence-electron chi connectivity index (χ1n) is 6.90. The third kappa shape index (κ3) is 2.31. The van der Waals surface area contributed by atoms with E-state index < -0.39 is 0 Å². The minimum atomic E-state index is -0.0474. The number of pyridine rings is 1. The average Bonchev–Trinajstić information content (AvgIpc) is 2.53. The monoisotopic (exact) mass is 267 g/mol. The summed E-state index contributed by atoms with van der Waals surface area (Å²) in [6, 6.07) is 10.0. The van der Waals surface area contributed by atoms with Crippen LogP contribution in [0.2, 0.25) is 0 Å². The molecule has 1 aromatic heterocycles. The Morgan fingerprint density at radius 2 is 2.15 bits per heavy atom. The molecule has 0 spiro atoms. The Morgan fingerprint density at radius 3 is 3.00 bits per heavy atom. The zero-order chi connectivity index (χ0) is 13.9. The molecule has 20 heavy (non-hydrogen) atoms. The van der Waals surface area contributed by atoms with Crippen molar-refractivity contribution in [2.75, 3.05) is 7.11 Å². The average molecular weight is 267 g/mol. The van der Waals surface area contributed by atoms with Gasteiger partial charge in [-0.3, -0.25) is 9.78 Å². The van der Waals surface area contributed by atoms with Crippen LogP contribution in [0.3, 0.4) is 0 Å². The number of carbonyl (C=O) groups is 1. The van der Waals surface area contributed by atoms with Gasteiger partial charge in [0, 0.05) is 17.7 Å². The summed E-state index contributed by atoms with van der Waals surface area (Å²) in [5, 5.41) is 0. The van der Waals surface area contributed by atoms with Crippen molar-refractivity contribution in [2.24, 2.45) is 0 Å². The highest BCUT2D eigenvalue weighted by atomic mass is 16.5. The van der Waals surface area contributed by atoms with Crippen molar-refractivity contribution >= 4 is 5.78 Å². The summed E-state index contributed by atoms with van der Waals surface area (Å²) in [7, 11) is 1.58. The molecule has 0 N–H and O–H groups in total. The molecule has 0 saturated heterocycles. The lowest BCUT2D eigenvalue weighted by Crippen LogP contribution is -2.18. The van der Waals surface area contributed by atoms with Gasteiger partial charge in [0.05, 0.1) is 13.3 Å². The lowest BCUT2D eigenvalue weighted by atomic mass is 9.79.